The summed E-state index contributed by atoms with van der Waals surface area (Å²) in [6.07, 6.45) is 2.65. The number of hydrogen-bond donors (Lipinski definition) is 0. The van der Waals surface area contributed by atoms with E-state index >= 15 is 0 Å². The molecule has 1 unspecified atom stereocenters. The molecule has 0 aromatic carbocycles. The third kappa shape index (κ3) is 7.77. The minimum Gasteiger partial charge on any atom is -0.456 e. The molecule has 3 heteroatoms. The normalized spacial score (nSPS) is 15.6. The van der Waals surface area contributed by atoms with Crippen LogP contribution in [0.25, 0.3) is 0 Å². The molecule has 0 spiro atoms. The lowest BCUT2D eigenvalue weighted by Crippen LogP contribution is -2.42. The molecule has 14 heavy (non-hydrogen) atoms. The molecule has 0 fully saturated rings. The zero-order chi connectivity index (χ0) is 11.4. The lowest BCUT2D eigenvalue weighted by molar-refractivity contribution is 0.501. The molecule has 0 aromatic rings. The molecule has 0 aliphatic heterocycles. The van der Waals surface area contributed by atoms with Crippen LogP contribution in [-0.4, -0.2) is 16.6 Å². The van der Waals surface area contributed by atoms with Crippen molar-refractivity contribution in [3.8, 4) is 0 Å². The van der Waals surface area contributed by atoms with E-state index in [1.807, 2.05) is 0 Å². The Labute approximate surface area is 92.5 Å². The van der Waals surface area contributed by atoms with Gasteiger partial charge in [0.05, 0.1) is 0 Å². The Hall–Kier alpha value is 0.394. The Morgan fingerprint density at radius 1 is 1.07 bits per heavy atom. The number of hydrogen-bond acceptors (Lipinski definition) is 1. The van der Waals surface area contributed by atoms with Gasteiger partial charge >= 0.3 is 0 Å². The summed E-state index contributed by atoms with van der Waals surface area (Å²) in [5, 5.41) is 0. The molecule has 0 aliphatic carbocycles. The van der Waals surface area contributed by atoms with Crippen molar-refractivity contribution in [2.24, 2.45) is 5.92 Å². The highest BCUT2D eigenvalue weighted by atomic mass is 28.4. The van der Waals surface area contributed by atoms with Crippen LogP contribution in [0.5, 0.6) is 0 Å². The van der Waals surface area contributed by atoms with E-state index in [1.165, 1.54) is 18.9 Å². The van der Waals surface area contributed by atoms with Gasteiger partial charge in [0.2, 0.25) is 0 Å². The Bertz CT molecular complexity index is 161. The highest BCUT2D eigenvalue weighted by Gasteiger charge is 2.29. The molecule has 86 valence electrons. The SMILES string of the molecule is CCC(C)CC[Si](C)(C)O[Si](C)(C)C. The van der Waals surface area contributed by atoms with Crippen LogP contribution < -0.4 is 0 Å². The molecule has 0 saturated heterocycles. The smallest absolute Gasteiger partial charge is 0.173 e. The first-order valence-corrected chi connectivity index (χ1v) is 12.4. The first kappa shape index (κ1) is 14.4. The van der Waals surface area contributed by atoms with Crippen molar-refractivity contribution in [1.82, 2.24) is 0 Å². The molecular formula is C11H28OSi2. The molecular weight excluding hydrogens is 204 g/mol. The monoisotopic (exact) mass is 232 g/mol. The summed E-state index contributed by atoms with van der Waals surface area (Å²) in [4.78, 5) is 0. The van der Waals surface area contributed by atoms with Gasteiger partial charge in [0.25, 0.3) is 0 Å². The van der Waals surface area contributed by atoms with Crippen molar-refractivity contribution in [1.29, 1.82) is 0 Å². The average Bonchev–Trinajstić information content (AvgIpc) is 1.96. The molecule has 0 heterocycles. The van der Waals surface area contributed by atoms with Gasteiger partial charge in [0, 0.05) is 0 Å². The van der Waals surface area contributed by atoms with E-state index in [1.54, 1.807) is 0 Å². The Kier molecular flexibility index (Phi) is 5.62. The van der Waals surface area contributed by atoms with E-state index < -0.39 is 16.6 Å². The second kappa shape index (κ2) is 5.47. The maximum absolute atomic E-state index is 6.30. The Morgan fingerprint density at radius 3 is 1.93 bits per heavy atom. The standard InChI is InChI=1S/C11H28OSi2/c1-8-11(2)9-10-14(6,7)12-13(3,4)5/h11H,8-10H2,1-7H3. The van der Waals surface area contributed by atoms with Crippen molar-refractivity contribution in [2.45, 2.75) is 65.5 Å². The van der Waals surface area contributed by atoms with Gasteiger partial charge in [0.1, 0.15) is 0 Å². The zero-order valence-corrected chi connectivity index (χ0v) is 13.1. The van der Waals surface area contributed by atoms with E-state index in [9.17, 15) is 0 Å². The minimum atomic E-state index is -1.36. The summed E-state index contributed by atoms with van der Waals surface area (Å²) >= 11 is 0. The molecule has 0 aliphatic rings. The van der Waals surface area contributed by atoms with Gasteiger partial charge in [0.15, 0.2) is 16.6 Å². The quantitative estimate of drug-likeness (QED) is 0.614. The molecule has 1 atom stereocenters. The topological polar surface area (TPSA) is 9.23 Å². The van der Waals surface area contributed by atoms with E-state index in [-0.39, 0.29) is 0 Å². The van der Waals surface area contributed by atoms with Gasteiger partial charge in [-0.1, -0.05) is 26.7 Å². The lowest BCUT2D eigenvalue weighted by Gasteiger charge is -2.32. The molecule has 1 nitrogen and oxygen atoms in total. The lowest BCUT2D eigenvalue weighted by atomic mass is 10.1. The van der Waals surface area contributed by atoms with Crippen molar-refractivity contribution in [3.05, 3.63) is 0 Å². The van der Waals surface area contributed by atoms with Crippen molar-refractivity contribution < 1.29 is 4.12 Å². The molecule has 0 N–H and O–H groups in total. The van der Waals surface area contributed by atoms with E-state index in [4.69, 9.17) is 4.12 Å². The summed E-state index contributed by atoms with van der Waals surface area (Å²) in [5.74, 6) is 0.868. The van der Waals surface area contributed by atoms with Crippen LogP contribution >= 0.6 is 0 Å². The van der Waals surface area contributed by atoms with Crippen LogP contribution in [0.2, 0.25) is 38.8 Å². The molecule has 0 bridgehead atoms. The van der Waals surface area contributed by atoms with Gasteiger partial charge in [-0.2, -0.15) is 0 Å². The van der Waals surface area contributed by atoms with Gasteiger partial charge in [-0.25, -0.2) is 0 Å². The first-order valence-electron chi connectivity index (χ1n) is 5.86. The zero-order valence-electron chi connectivity index (χ0n) is 11.1. The van der Waals surface area contributed by atoms with Crippen LogP contribution in [0, 0.1) is 5.92 Å². The highest BCUT2D eigenvalue weighted by Crippen LogP contribution is 2.23. The third-order valence-corrected chi connectivity index (χ3v) is 8.67. The maximum Gasteiger partial charge on any atom is 0.173 e. The van der Waals surface area contributed by atoms with E-state index in [0.717, 1.165) is 5.92 Å². The fourth-order valence-corrected chi connectivity index (χ4v) is 9.91. The fraction of sp³-hybridized carbons (Fsp3) is 1.00. The molecule has 0 saturated carbocycles. The predicted octanol–water partition coefficient (Wildman–Crippen LogP) is 4.48. The average molecular weight is 233 g/mol. The Morgan fingerprint density at radius 2 is 1.57 bits per heavy atom. The summed E-state index contributed by atoms with van der Waals surface area (Å²) in [5.41, 5.74) is 0. The number of rotatable bonds is 6. The second-order valence-corrected chi connectivity index (χ2v) is 15.1. The second-order valence-electron chi connectivity index (χ2n) is 6.03. The predicted molar refractivity (Wildman–Crippen MR) is 70.8 cm³/mol. The molecule has 0 radical (unpaired) electrons. The molecule has 0 aromatic heterocycles. The summed E-state index contributed by atoms with van der Waals surface area (Å²) < 4.78 is 6.30. The van der Waals surface area contributed by atoms with E-state index in [0.29, 0.717) is 0 Å². The van der Waals surface area contributed by atoms with Gasteiger partial charge in [-0.15, -0.1) is 0 Å². The van der Waals surface area contributed by atoms with Crippen molar-refractivity contribution >= 4 is 16.6 Å². The fourth-order valence-electron chi connectivity index (χ4n) is 1.68. The summed E-state index contributed by atoms with van der Waals surface area (Å²) in [6.45, 7) is 16.2. The van der Waals surface area contributed by atoms with Gasteiger partial charge < -0.3 is 4.12 Å². The highest BCUT2D eigenvalue weighted by molar-refractivity contribution is 6.84. The van der Waals surface area contributed by atoms with Crippen LogP contribution in [0.3, 0.4) is 0 Å². The third-order valence-electron chi connectivity index (χ3n) is 2.52. The van der Waals surface area contributed by atoms with Gasteiger partial charge in [-0.3, -0.25) is 0 Å². The molecule has 0 amide bonds. The van der Waals surface area contributed by atoms with Crippen molar-refractivity contribution in [3.63, 3.8) is 0 Å². The maximum atomic E-state index is 6.30. The van der Waals surface area contributed by atoms with Crippen LogP contribution in [-0.2, 0) is 4.12 Å². The van der Waals surface area contributed by atoms with Gasteiger partial charge in [-0.05, 0) is 44.7 Å². The Balaban J connectivity index is 3.95. The van der Waals surface area contributed by atoms with E-state index in [2.05, 4.69) is 46.6 Å². The van der Waals surface area contributed by atoms with Crippen LogP contribution in [0.15, 0.2) is 0 Å². The van der Waals surface area contributed by atoms with Crippen LogP contribution in [0.4, 0.5) is 0 Å². The van der Waals surface area contributed by atoms with Crippen molar-refractivity contribution in [2.75, 3.05) is 0 Å². The molecule has 0 rings (SSSR count). The summed E-state index contributed by atoms with van der Waals surface area (Å²) in [7, 11) is -2.67. The summed E-state index contributed by atoms with van der Waals surface area (Å²) in [6, 6.07) is 1.33. The first-order chi connectivity index (χ1) is 6.16. The minimum absolute atomic E-state index is 0.868. The largest absolute Gasteiger partial charge is 0.456 e. The van der Waals surface area contributed by atoms with Crippen LogP contribution in [0.1, 0.15) is 26.7 Å².